The van der Waals surface area contributed by atoms with E-state index in [0.717, 1.165) is 17.0 Å². The molecule has 0 fully saturated rings. The van der Waals surface area contributed by atoms with Gasteiger partial charge in [-0.3, -0.25) is 0 Å². The van der Waals surface area contributed by atoms with Gasteiger partial charge in [-0.15, -0.1) is 0 Å². The molecule has 2 aromatic rings. The zero-order chi connectivity index (χ0) is 13.8. The van der Waals surface area contributed by atoms with E-state index in [4.69, 9.17) is 26.8 Å². The second-order valence-electron chi connectivity index (χ2n) is 3.96. The molecule has 5 heteroatoms. The molecular formula is C14H15ClN2O2. The van der Waals surface area contributed by atoms with Crippen LogP contribution in [0.2, 0.25) is 5.02 Å². The highest BCUT2D eigenvalue weighted by Gasteiger charge is 2.06. The summed E-state index contributed by atoms with van der Waals surface area (Å²) in [6.45, 7) is 2.04. The number of hydrogen-bond acceptors (Lipinski definition) is 4. The molecule has 0 bridgehead atoms. The molecule has 0 aliphatic rings. The summed E-state index contributed by atoms with van der Waals surface area (Å²) in [6.07, 6.45) is 0.842. The molecule has 4 nitrogen and oxygen atoms in total. The summed E-state index contributed by atoms with van der Waals surface area (Å²) in [4.78, 5) is 4.16. The Balaban J connectivity index is 2.25. The minimum atomic E-state index is 0.349. The van der Waals surface area contributed by atoms with Crippen molar-refractivity contribution in [1.82, 2.24) is 4.98 Å². The van der Waals surface area contributed by atoms with Gasteiger partial charge in [-0.1, -0.05) is 18.5 Å². The molecule has 0 radical (unpaired) electrons. The zero-order valence-corrected chi connectivity index (χ0v) is 11.6. The number of hydrogen-bond donors (Lipinski definition) is 1. The Morgan fingerprint density at radius 1 is 1.26 bits per heavy atom. The van der Waals surface area contributed by atoms with Crippen LogP contribution in [0, 0.1) is 0 Å². The Hall–Kier alpha value is -1.94. The van der Waals surface area contributed by atoms with Gasteiger partial charge in [0, 0.05) is 11.1 Å². The van der Waals surface area contributed by atoms with Crippen LogP contribution in [-0.2, 0) is 6.42 Å². The maximum atomic E-state index is 6.06. The average molecular weight is 279 g/mol. The SMILES string of the molecule is CCc1cc(Oc2ccc(N)c(OC)n2)ccc1Cl. The van der Waals surface area contributed by atoms with Crippen molar-refractivity contribution in [2.24, 2.45) is 0 Å². The van der Waals surface area contributed by atoms with Gasteiger partial charge in [-0.05, 0) is 36.2 Å². The number of pyridine rings is 1. The molecule has 2 rings (SSSR count). The molecular weight excluding hydrogens is 264 g/mol. The molecule has 1 aromatic heterocycles. The largest absolute Gasteiger partial charge is 0.479 e. The van der Waals surface area contributed by atoms with Crippen LogP contribution in [0.4, 0.5) is 5.69 Å². The van der Waals surface area contributed by atoms with Crippen LogP contribution in [0.1, 0.15) is 12.5 Å². The van der Waals surface area contributed by atoms with E-state index in [1.54, 1.807) is 18.2 Å². The van der Waals surface area contributed by atoms with Crippen molar-refractivity contribution in [2.45, 2.75) is 13.3 Å². The molecule has 1 aromatic carbocycles. The van der Waals surface area contributed by atoms with E-state index in [9.17, 15) is 0 Å². The fourth-order valence-electron chi connectivity index (χ4n) is 1.66. The third-order valence-corrected chi connectivity index (χ3v) is 3.05. The van der Waals surface area contributed by atoms with Crippen LogP contribution >= 0.6 is 11.6 Å². The Labute approximate surface area is 117 Å². The van der Waals surface area contributed by atoms with Gasteiger partial charge < -0.3 is 15.2 Å². The first-order valence-electron chi connectivity index (χ1n) is 5.90. The summed E-state index contributed by atoms with van der Waals surface area (Å²) in [5.41, 5.74) is 7.20. The molecule has 0 spiro atoms. The van der Waals surface area contributed by atoms with Crippen molar-refractivity contribution in [1.29, 1.82) is 0 Å². The second kappa shape index (κ2) is 5.80. The van der Waals surface area contributed by atoms with Gasteiger partial charge in [0.2, 0.25) is 11.8 Å². The third kappa shape index (κ3) is 3.09. The van der Waals surface area contributed by atoms with E-state index in [1.165, 1.54) is 7.11 Å². The minimum Gasteiger partial charge on any atom is -0.479 e. The molecule has 0 aliphatic heterocycles. The first-order valence-corrected chi connectivity index (χ1v) is 6.28. The van der Waals surface area contributed by atoms with Crippen molar-refractivity contribution in [2.75, 3.05) is 12.8 Å². The van der Waals surface area contributed by atoms with Crippen LogP contribution in [0.3, 0.4) is 0 Å². The highest BCUT2D eigenvalue weighted by atomic mass is 35.5. The second-order valence-corrected chi connectivity index (χ2v) is 4.36. The van der Waals surface area contributed by atoms with Crippen molar-refractivity contribution in [3.05, 3.63) is 40.9 Å². The first-order chi connectivity index (χ1) is 9.13. The van der Waals surface area contributed by atoms with Gasteiger partial charge in [0.1, 0.15) is 5.75 Å². The van der Waals surface area contributed by atoms with E-state index in [0.29, 0.717) is 23.2 Å². The lowest BCUT2D eigenvalue weighted by molar-refractivity contribution is 0.385. The number of ether oxygens (including phenoxy) is 2. The van der Waals surface area contributed by atoms with Crippen LogP contribution < -0.4 is 15.2 Å². The molecule has 2 N–H and O–H groups in total. The van der Waals surface area contributed by atoms with Gasteiger partial charge >= 0.3 is 0 Å². The summed E-state index contributed by atoms with van der Waals surface area (Å²) < 4.78 is 10.7. The van der Waals surface area contributed by atoms with Crippen LogP contribution in [0.15, 0.2) is 30.3 Å². The van der Waals surface area contributed by atoms with Crippen molar-refractivity contribution in [3.63, 3.8) is 0 Å². The molecule has 0 unspecified atom stereocenters. The third-order valence-electron chi connectivity index (χ3n) is 2.68. The number of methoxy groups -OCH3 is 1. The predicted molar refractivity (Wildman–Crippen MR) is 76.1 cm³/mol. The van der Waals surface area contributed by atoms with Gasteiger partial charge in [0.15, 0.2) is 0 Å². The molecule has 19 heavy (non-hydrogen) atoms. The maximum Gasteiger partial charge on any atom is 0.240 e. The lowest BCUT2D eigenvalue weighted by Gasteiger charge is -2.09. The maximum absolute atomic E-state index is 6.06. The van der Waals surface area contributed by atoms with E-state index < -0.39 is 0 Å². The molecule has 0 aliphatic carbocycles. The molecule has 0 saturated carbocycles. The Morgan fingerprint density at radius 2 is 2.05 bits per heavy atom. The summed E-state index contributed by atoms with van der Waals surface area (Å²) in [6, 6.07) is 8.89. The number of aromatic nitrogens is 1. The van der Waals surface area contributed by atoms with Crippen LogP contribution in [-0.4, -0.2) is 12.1 Å². The van der Waals surface area contributed by atoms with E-state index in [2.05, 4.69) is 4.98 Å². The average Bonchev–Trinajstić information content (AvgIpc) is 2.43. The number of nitrogens with two attached hydrogens (primary N) is 1. The summed E-state index contributed by atoms with van der Waals surface area (Å²) in [5, 5.41) is 0.734. The van der Waals surface area contributed by atoms with E-state index in [-0.39, 0.29) is 0 Å². The number of nitrogens with zero attached hydrogens (tertiary/aromatic N) is 1. The zero-order valence-electron chi connectivity index (χ0n) is 10.8. The highest BCUT2D eigenvalue weighted by Crippen LogP contribution is 2.28. The Morgan fingerprint density at radius 3 is 2.74 bits per heavy atom. The quantitative estimate of drug-likeness (QED) is 0.927. The standard InChI is InChI=1S/C14H15ClN2O2/c1-3-9-8-10(4-5-11(9)15)19-13-7-6-12(16)14(17-13)18-2/h4-8H,3,16H2,1-2H3. The number of nitrogen functional groups attached to an aromatic ring is 1. The fraction of sp³-hybridized carbons (Fsp3) is 0.214. The van der Waals surface area contributed by atoms with Gasteiger partial charge in [-0.2, -0.15) is 4.98 Å². The Kier molecular flexibility index (Phi) is 4.12. The summed E-state index contributed by atoms with van der Waals surface area (Å²) in [7, 11) is 1.51. The molecule has 100 valence electrons. The fourth-order valence-corrected chi connectivity index (χ4v) is 1.91. The van der Waals surface area contributed by atoms with Crippen molar-refractivity contribution in [3.8, 4) is 17.5 Å². The number of anilines is 1. The molecule has 0 saturated heterocycles. The van der Waals surface area contributed by atoms with Gasteiger partial charge in [0.25, 0.3) is 0 Å². The normalized spacial score (nSPS) is 10.3. The van der Waals surface area contributed by atoms with Crippen molar-refractivity contribution < 1.29 is 9.47 Å². The number of halogens is 1. The summed E-state index contributed by atoms with van der Waals surface area (Å²) in [5.74, 6) is 1.46. The van der Waals surface area contributed by atoms with Crippen LogP contribution in [0.25, 0.3) is 0 Å². The molecule has 0 amide bonds. The minimum absolute atomic E-state index is 0.349. The van der Waals surface area contributed by atoms with Crippen LogP contribution in [0.5, 0.6) is 17.5 Å². The number of aryl methyl sites for hydroxylation is 1. The van der Waals surface area contributed by atoms with E-state index >= 15 is 0 Å². The topological polar surface area (TPSA) is 57.4 Å². The van der Waals surface area contributed by atoms with Gasteiger partial charge in [-0.25, -0.2) is 0 Å². The monoisotopic (exact) mass is 278 g/mol. The first kappa shape index (κ1) is 13.5. The van der Waals surface area contributed by atoms with Gasteiger partial charge in [0.05, 0.1) is 12.8 Å². The lowest BCUT2D eigenvalue weighted by Crippen LogP contribution is -1.97. The van der Waals surface area contributed by atoms with Crippen molar-refractivity contribution >= 4 is 17.3 Å². The smallest absolute Gasteiger partial charge is 0.240 e. The number of rotatable bonds is 4. The highest BCUT2D eigenvalue weighted by molar-refractivity contribution is 6.31. The molecule has 0 atom stereocenters. The lowest BCUT2D eigenvalue weighted by atomic mass is 10.1. The molecule has 1 heterocycles. The Bertz CT molecular complexity index is 536. The number of benzene rings is 1. The van der Waals surface area contributed by atoms with E-state index in [1.807, 2.05) is 19.1 Å². The summed E-state index contributed by atoms with van der Waals surface area (Å²) >= 11 is 6.06. The predicted octanol–water partition coefficient (Wildman–Crippen LogP) is 3.68.